The minimum atomic E-state index is -0.144. The average molecular weight is 419 g/mol. The topological polar surface area (TPSA) is 59.8 Å². The van der Waals surface area contributed by atoms with E-state index in [4.69, 9.17) is 23.2 Å². The minimum Gasteiger partial charge on any atom is -0.325 e. The van der Waals surface area contributed by atoms with E-state index >= 15 is 0 Å². The molecule has 1 heterocycles. The van der Waals surface area contributed by atoms with Gasteiger partial charge in [-0.25, -0.2) is 0 Å². The first-order valence-corrected chi connectivity index (χ1v) is 9.80. The zero-order chi connectivity index (χ0) is 19.2. The van der Waals surface area contributed by atoms with Crippen molar-refractivity contribution in [3.05, 3.63) is 71.2 Å². The van der Waals surface area contributed by atoms with Gasteiger partial charge in [-0.3, -0.25) is 9.36 Å². The number of hydrogen-bond donors (Lipinski definition) is 1. The summed E-state index contributed by atoms with van der Waals surface area (Å²) in [5, 5.41) is 13.1. The van der Waals surface area contributed by atoms with Gasteiger partial charge in [0, 0.05) is 22.8 Å². The highest BCUT2D eigenvalue weighted by Gasteiger charge is 2.16. The Labute approximate surface area is 171 Å². The van der Waals surface area contributed by atoms with Gasteiger partial charge in [0.05, 0.1) is 10.8 Å². The fraction of sp³-hybridized carbons (Fsp3) is 0.105. The van der Waals surface area contributed by atoms with Crippen LogP contribution in [-0.2, 0) is 11.3 Å². The molecule has 0 aliphatic rings. The molecule has 0 bridgehead atoms. The highest BCUT2D eigenvalue weighted by Crippen LogP contribution is 2.29. The molecule has 0 unspecified atom stereocenters. The number of carbonyl (C=O) groups excluding carboxylic acids is 1. The summed E-state index contributed by atoms with van der Waals surface area (Å²) in [5.74, 6) is 0.691. The number of hydrogen-bond acceptors (Lipinski definition) is 4. The number of anilines is 1. The summed E-state index contributed by atoms with van der Waals surface area (Å²) in [7, 11) is 0. The molecule has 8 heteroatoms. The maximum atomic E-state index is 12.2. The number of aromatic nitrogens is 3. The lowest BCUT2D eigenvalue weighted by Crippen LogP contribution is -2.14. The Bertz CT molecular complexity index is 957. The third kappa shape index (κ3) is 4.91. The van der Waals surface area contributed by atoms with Gasteiger partial charge < -0.3 is 5.32 Å². The molecule has 0 aliphatic heterocycles. The van der Waals surface area contributed by atoms with Crippen molar-refractivity contribution in [3.63, 3.8) is 0 Å². The van der Waals surface area contributed by atoms with E-state index < -0.39 is 0 Å². The number of nitrogens with one attached hydrogen (secondary N) is 1. The van der Waals surface area contributed by atoms with Crippen molar-refractivity contribution in [2.24, 2.45) is 0 Å². The molecule has 3 aromatic rings. The van der Waals surface area contributed by atoms with Crippen LogP contribution < -0.4 is 5.32 Å². The van der Waals surface area contributed by atoms with E-state index in [0.29, 0.717) is 33.3 Å². The summed E-state index contributed by atoms with van der Waals surface area (Å²) in [5.41, 5.74) is 1.47. The fourth-order valence-corrected chi connectivity index (χ4v) is 3.49. The van der Waals surface area contributed by atoms with Crippen LogP contribution in [-0.4, -0.2) is 26.4 Å². The van der Waals surface area contributed by atoms with Crippen LogP contribution in [0.3, 0.4) is 0 Å². The summed E-state index contributed by atoms with van der Waals surface area (Å²) >= 11 is 13.4. The Morgan fingerprint density at radius 2 is 1.89 bits per heavy atom. The third-order valence-corrected chi connectivity index (χ3v) is 5.15. The van der Waals surface area contributed by atoms with Crippen molar-refractivity contribution in [1.82, 2.24) is 14.8 Å². The number of halogens is 2. The van der Waals surface area contributed by atoms with E-state index in [9.17, 15) is 4.79 Å². The van der Waals surface area contributed by atoms with Gasteiger partial charge >= 0.3 is 0 Å². The van der Waals surface area contributed by atoms with E-state index in [1.165, 1.54) is 11.8 Å². The Hall–Kier alpha value is -2.28. The molecule has 0 spiro atoms. The van der Waals surface area contributed by atoms with Crippen molar-refractivity contribution >= 4 is 46.6 Å². The average Bonchev–Trinajstić information content (AvgIpc) is 3.05. The van der Waals surface area contributed by atoms with E-state index in [0.717, 1.165) is 5.56 Å². The summed E-state index contributed by atoms with van der Waals surface area (Å²) in [6, 6.07) is 14.4. The first kappa shape index (κ1) is 19.5. The summed E-state index contributed by atoms with van der Waals surface area (Å²) in [4.78, 5) is 12.2. The van der Waals surface area contributed by atoms with Gasteiger partial charge in [0.25, 0.3) is 0 Å². The molecular formula is C19H16Cl2N4OS. The second kappa shape index (κ2) is 9.08. The van der Waals surface area contributed by atoms with Crippen LogP contribution >= 0.6 is 35.0 Å². The fourth-order valence-electron chi connectivity index (χ4n) is 2.39. The molecule has 27 heavy (non-hydrogen) atoms. The molecule has 0 saturated heterocycles. The monoisotopic (exact) mass is 418 g/mol. The maximum absolute atomic E-state index is 12.2. The first-order valence-electron chi connectivity index (χ1n) is 8.05. The number of rotatable bonds is 7. The Kier molecular flexibility index (Phi) is 6.55. The number of carbonyl (C=O) groups is 1. The van der Waals surface area contributed by atoms with Gasteiger partial charge in [0.15, 0.2) is 11.0 Å². The molecule has 0 atom stereocenters. The highest BCUT2D eigenvalue weighted by atomic mass is 35.5. The van der Waals surface area contributed by atoms with Crippen LogP contribution in [0, 0.1) is 0 Å². The van der Waals surface area contributed by atoms with Gasteiger partial charge in [-0.05, 0) is 36.4 Å². The van der Waals surface area contributed by atoms with Crippen molar-refractivity contribution in [2.75, 3.05) is 11.1 Å². The quantitative estimate of drug-likeness (QED) is 0.424. The minimum absolute atomic E-state index is 0.144. The van der Waals surface area contributed by atoms with E-state index in [2.05, 4.69) is 22.1 Å². The molecule has 0 fully saturated rings. The molecule has 0 saturated carbocycles. The molecule has 2 aromatic carbocycles. The van der Waals surface area contributed by atoms with E-state index in [1.807, 2.05) is 22.8 Å². The zero-order valence-corrected chi connectivity index (χ0v) is 16.6. The SMILES string of the molecule is C=CCn1c(SCC(=O)Nc2ccc(Cl)cc2)nnc1-c1ccccc1Cl. The Morgan fingerprint density at radius 1 is 1.15 bits per heavy atom. The molecule has 1 N–H and O–H groups in total. The number of thioether (sulfide) groups is 1. The molecule has 1 aromatic heterocycles. The second-order valence-electron chi connectivity index (χ2n) is 5.53. The van der Waals surface area contributed by atoms with Crippen LogP contribution in [0.15, 0.2) is 66.3 Å². The zero-order valence-electron chi connectivity index (χ0n) is 14.2. The lowest BCUT2D eigenvalue weighted by Gasteiger charge is -2.09. The predicted molar refractivity (Wildman–Crippen MR) is 111 cm³/mol. The molecule has 138 valence electrons. The second-order valence-corrected chi connectivity index (χ2v) is 7.32. The highest BCUT2D eigenvalue weighted by molar-refractivity contribution is 7.99. The number of amides is 1. The largest absolute Gasteiger partial charge is 0.325 e. The summed E-state index contributed by atoms with van der Waals surface area (Å²) in [6.45, 7) is 4.29. The van der Waals surface area contributed by atoms with Crippen molar-refractivity contribution in [2.45, 2.75) is 11.7 Å². The van der Waals surface area contributed by atoms with Gasteiger partial charge in [-0.1, -0.05) is 53.2 Å². The maximum Gasteiger partial charge on any atom is 0.234 e. The van der Waals surface area contributed by atoms with Crippen LogP contribution in [0.1, 0.15) is 0 Å². The normalized spacial score (nSPS) is 10.6. The van der Waals surface area contributed by atoms with Crippen LogP contribution in [0.2, 0.25) is 10.0 Å². The molecule has 1 amide bonds. The lowest BCUT2D eigenvalue weighted by atomic mass is 10.2. The van der Waals surface area contributed by atoms with Crippen molar-refractivity contribution in [3.8, 4) is 11.4 Å². The number of benzene rings is 2. The van der Waals surface area contributed by atoms with Crippen LogP contribution in [0.5, 0.6) is 0 Å². The predicted octanol–water partition coefficient (Wildman–Crippen LogP) is 5.17. The van der Waals surface area contributed by atoms with E-state index in [1.54, 1.807) is 36.4 Å². The Balaban J connectivity index is 1.73. The first-order chi connectivity index (χ1) is 13.1. The molecule has 5 nitrogen and oxygen atoms in total. The third-order valence-electron chi connectivity index (χ3n) is 3.60. The van der Waals surface area contributed by atoms with Crippen LogP contribution in [0.25, 0.3) is 11.4 Å². The smallest absolute Gasteiger partial charge is 0.234 e. The Morgan fingerprint density at radius 3 is 2.59 bits per heavy atom. The molecular weight excluding hydrogens is 403 g/mol. The number of allylic oxidation sites excluding steroid dienone is 1. The van der Waals surface area contributed by atoms with E-state index in [-0.39, 0.29) is 11.7 Å². The standard InChI is InChI=1S/C19H16Cl2N4OS/c1-2-11-25-18(15-5-3-4-6-16(15)21)23-24-19(25)27-12-17(26)22-14-9-7-13(20)8-10-14/h2-10H,1,11-12H2,(H,22,26). The molecule has 0 radical (unpaired) electrons. The number of nitrogens with zero attached hydrogens (tertiary/aromatic N) is 3. The lowest BCUT2D eigenvalue weighted by molar-refractivity contribution is -0.113. The van der Waals surface area contributed by atoms with Crippen LogP contribution in [0.4, 0.5) is 5.69 Å². The van der Waals surface area contributed by atoms with Gasteiger partial charge in [-0.15, -0.1) is 16.8 Å². The van der Waals surface area contributed by atoms with Crippen molar-refractivity contribution < 1.29 is 4.79 Å². The van der Waals surface area contributed by atoms with Gasteiger partial charge in [0.2, 0.25) is 5.91 Å². The van der Waals surface area contributed by atoms with Gasteiger partial charge in [0.1, 0.15) is 0 Å². The summed E-state index contributed by atoms with van der Waals surface area (Å²) < 4.78 is 1.88. The molecule has 3 rings (SSSR count). The van der Waals surface area contributed by atoms with Gasteiger partial charge in [-0.2, -0.15) is 0 Å². The molecule has 0 aliphatic carbocycles. The summed E-state index contributed by atoms with van der Waals surface area (Å²) in [6.07, 6.45) is 1.75. The van der Waals surface area contributed by atoms with Crippen molar-refractivity contribution in [1.29, 1.82) is 0 Å².